The maximum Gasteiger partial charge on any atom is 0.314 e. The highest BCUT2D eigenvalue weighted by molar-refractivity contribution is 5.85. The van der Waals surface area contributed by atoms with Crippen LogP contribution in [0.15, 0.2) is 0 Å². The molecule has 1 aliphatic carbocycles. The van der Waals surface area contributed by atoms with Gasteiger partial charge in [-0.15, -0.1) is 12.4 Å². The van der Waals surface area contributed by atoms with Gasteiger partial charge < -0.3 is 15.8 Å². The largest absolute Gasteiger partial charge is 0.459 e. The average Bonchev–Trinajstić information content (AvgIpc) is 2.55. The van der Waals surface area contributed by atoms with Gasteiger partial charge in [-0.25, -0.2) is 0 Å². The Morgan fingerprint density at radius 1 is 1.44 bits per heavy atom. The van der Waals surface area contributed by atoms with Gasteiger partial charge >= 0.3 is 5.97 Å². The van der Waals surface area contributed by atoms with Crippen LogP contribution in [-0.2, 0) is 9.53 Å². The third-order valence-electron chi connectivity index (χ3n) is 3.35. The second-order valence-corrected chi connectivity index (χ2v) is 5.71. The van der Waals surface area contributed by atoms with Crippen molar-refractivity contribution in [2.75, 3.05) is 13.1 Å². The summed E-state index contributed by atoms with van der Waals surface area (Å²) >= 11 is 0. The van der Waals surface area contributed by atoms with E-state index >= 15 is 0 Å². The second-order valence-electron chi connectivity index (χ2n) is 5.71. The van der Waals surface area contributed by atoms with Crippen molar-refractivity contribution in [2.45, 2.75) is 38.8 Å². The molecule has 0 aromatic rings. The molecule has 2 unspecified atom stereocenters. The van der Waals surface area contributed by atoms with Gasteiger partial charge in [0.05, 0.1) is 5.41 Å². The molecule has 4 nitrogen and oxygen atoms in total. The van der Waals surface area contributed by atoms with Crippen molar-refractivity contribution >= 4 is 18.4 Å². The fraction of sp³-hybridized carbons (Fsp3) is 0.909. The predicted octanol–water partition coefficient (Wildman–Crippen LogP) is 0.687. The van der Waals surface area contributed by atoms with E-state index in [1.807, 2.05) is 20.8 Å². The zero-order valence-corrected chi connectivity index (χ0v) is 10.9. The Morgan fingerprint density at radius 3 is 2.19 bits per heavy atom. The molecule has 0 radical (unpaired) electrons. The summed E-state index contributed by atoms with van der Waals surface area (Å²) in [6, 6.07) is -0.000509. The number of nitrogens with two attached hydrogens (primary N) is 1. The Labute approximate surface area is 103 Å². The van der Waals surface area contributed by atoms with Crippen LogP contribution in [0.1, 0.15) is 27.2 Å². The number of hydrogen-bond donors (Lipinski definition) is 2. The molecule has 1 saturated carbocycles. The zero-order valence-electron chi connectivity index (χ0n) is 10.1. The molecule has 3 N–H and O–H groups in total. The molecule has 5 heteroatoms. The second kappa shape index (κ2) is 4.17. The molecule has 2 rings (SSSR count). The summed E-state index contributed by atoms with van der Waals surface area (Å²) in [5.41, 5.74) is 5.11. The maximum atomic E-state index is 12.1. The molecular weight excluding hydrogens is 228 g/mol. The van der Waals surface area contributed by atoms with Crippen LogP contribution in [0.5, 0.6) is 0 Å². The fourth-order valence-electron chi connectivity index (χ4n) is 2.20. The highest BCUT2D eigenvalue weighted by Crippen LogP contribution is 2.53. The summed E-state index contributed by atoms with van der Waals surface area (Å²) in [6.07, 6.45) is 0.786. The van der Waals surface area contributed by atoms with E-state index in [1.54, 1.807) is 0 Å². The van der Waals surface area contributed by atoms with Gasteiger partial charge in [-0.05, 0) is 27.2 Å². The number of ether oxygens (including phenoxy) is 1. The van der Waals surface area contributed by atoms with Crippen LogP contribution in [0.4, 0.5) is 0 Å². The standard InChI is InChI=1S/C11H20N2O2.ClH/c1-10(2,3)15-9(14)11(4-8(11)12)7-5-13-6-7;/h7-8,13H,4-6,12H2,1-3H3;1H. The van der Waals surface area contributed by atoms with E-state index in [-0.39, 0.29) is 29.8 Å². The summed E-state index contributed by atoms with van der Waals surface area (Å²) in [6.45, 7) is 7.47. The molecule has 0 aromatic carbocycles. The van der Waals surface area contributed by atoms with E-state index in [9.17, 15) is 4.79 Å². The minimum atomic E-state index is -0.413. The minimum Gasteiger partial charge on any atom is -0.459 e. The number of rotatable bonds is 2. The molecule has 1 heterocycles. The number of nitrogens with one attached hydrogen (secondary N) is 1. The van der Waals surface area contributed by atoms with Crippen LogP contribution in [-0.4, -0.2) is 30.7 Å². The highest BCUT2D eigenvalue weighted by Gasteiger charge is 2.65. The first kappa shape index (κ1) is 13.7. The summed E-state index contributed by atoms with van der Waals surface area (Å²) in [4.78, 5) is 12.1. The Bertz CT molecular complexity index is 286. The first-order chi connectivity index (χ1) is 6.86. The fourth-order valence-corrected chi connectivity index (χ4v) is 2.20. The lowest BCUT2D eigenvalue weighted by atomic mass is 9.83. The molecule has 2 aliphatic rings. The van der Waals surface area contributed by atoms with E-state index in [2.05, 4.69) is 5.32 Å². The van der Waals surface area contributed by atoms with Gasteiger partial charge in [0, 0.05) is 25.0 Å². The number of carbonyl (C=O) groups excluding carboxylic acids is 1. The molecule has 0 bridgehead atoms. The Morgan fingerprint density at radius 2 is 1.94 bits per heavy atom. The van der Waals surface area contributed by atoms with Crippen LogP contribution in [0.3, 0.4) is 0 Å². The molecule has 0 aromatic heterocycles. The van der Waals surface area contributed by atoms with Crippen molar-refractivity contribution in [2.24, 2.45) is 17.1 Å². The first-order valence-electron chi connectivity index (χ1n) is 5.56. The van der Waals surface area contributed by atoms with Crippen molar-refractivity contribution in [1.29, 1.82) is 0 Å². The Kier molecular flexibility index (Phi) is 3.58. The number of carbonyl (C=O) groups is 1. The molecule has 0 spiro atoms. The van der Waals surface area contributed by atoms with Crippen molar-refractivity contribution in [3.63, 3.8) is 0 Å². The van der Waals surface area contributed by atoms with Gasteiger partial charge in [0.1, 0.15) is 5.60 Å². The topological polar surface area (TPSA) is 64.3 Å². The van der Waals surface area contributed by atoms with Crippen LogP contribution in [0, 0.1) is 11.3 Å². The van der Waals surface area contributed by atoms with Gasteiger partial charge in [-0.1, -0.05) is 0 Å². The lowest BCUT2D eigenvalue weighted by Crippen LogP contribution is -2.52. The monoisotopic (exact) mass is 248 g/mol. The Hall–Kier alpha value is -0.320. The number of halogens is 1. The van der Waals surface area contributed by atoms with Gasteiger partial charge in [0.2, 0.25) is 0 Å². The van der Waals surface area contributed by atoms with Crippen LogP contribution < -0.4 is 11.1 Å². The molecule has 16 heavy (non-hydrogen) atoms. The van der Waals surface area contributed by atoms with Crippen molar-refractivity contribution in [3.8, 4) is 0 Å². The van der Waals surface area contributed by atoms with Crippen LogP contribution in [0.2, 0.25) is 0 Å². The number of hydrogen-bond acceptors (Lipinski definition) is 4. The van der Waals surface area contributed by atoms with E-state index in [0.717, 1.165) is 19.5 Å². The van der Waals surface area contributed by atoms with Crippen LogP contribution in [0.25, 0.3) is 0 Å². The molecular formula is C11H21ClN2O2. The molecule has 1 saturated heterocycles. The third-order valence-corrected chi connectivity index (χ3v) is 3.35. The lowest BCUT2D eigenvalue weighted by Gasteiger charge is -2.35. The predicted molar refractivity (Wildman–Crippen MR) is 64.5 cm³/mol. The van der Waals surface area contributed by atoms with E-state index < -0.39 is 5.60 Å². The number of esters is 1. The van der Waals surface area contributed by atoms with E-state index in [0.29, 0.717) is 5.92 Å². The van der Waals surface area contributed by atoms with Gasteiger partial charge in [0.15, 0.2) is 0 Å². The summed E-state index contributed by atoms with van der Waals surface area (Å²) in [5, 5.41) is 3.18. The third kappa shape index (κ3) is 2.19. The minimum absolute atomic E-state index is 0. The van der Waals surface area contributed by atoms with Crippen molar-refractivity contribution in [1.82, 2.24) is 5.32 Å². The summed E-state index contributed by atoms with van der Waals surface area (Å²) in [7, 11) is 0. The lowest BCUT2D eigenvalue weighted by molar-refractivity contribution is -0.165. The normalized spacial score (nSPS) is 33.6. The average molecular weight is 249 g/mol. The maximum absolute atomic E-state index is 12.1. The zero-order chi connectivity index (χ0) is 11.3. The van der Waals surface area contributed by atoms with Gasteiger partial charge in [-0.3, -0.25) is 4.79 Å². The Balaban J connectivity index is 0.00000128. The molecule has 1 aliphatic heterocycles. The molecule has 2 atom stereocenters. The van der Waals surface area contributed by atoms with Crippen LogP contribution >= 0.6 is 12.4 Å². The van der Waals surface area contributed by atoms with Crippen molar-refractivity contribution < 1.29 is 9.53 Å². The van der Waals surface area contributed by atoms with E-state index in [1.165, 1.54) is 0 Å². The summed E-state index contributed by atoms with van der Waals surface area (Å²) in [5.74, 6) is 0.274. The molecule has 94 valence electrons. The van der Waals surface area contributed by atoms with Gasteiger partial charge in [0.25, 0.3) is 0 Å². The SMILES string of the molecule is CC(C)(C)OC(=O)C1(C2CNC2)CC1N.Cl. The quantitative estimate of drug-likeness (QED) is 0.706. The van der Waals surface area contributed by atoms with Gasteiger partial charge in [-0.2, -0.15) is 0 Å². The molecule has 2 fully saturated rings. The van der Waals surface area contributed by atoms with E-state index in [4.69, 9.17) is 10.5 Å². The van der Waals surface area contributed by atoms with Crippen molar-refractivity contribution in [3.05, 3.63) is 0 Å². The molecule has 0 amide bonds. The summed E-state index contributed by atoms with van der Waals surface area (Å²) < 4.78 is 5.45. The smallest absolute Gasteiger partial charge is 0.314 e. The highest BCUT2D eigenvalue weighted by atomic mass is 35.5. The first-order valence-corrected chi connectivity index (χ1v) is 5.56.